The Hall–Kier alpha value is -2.48. The molecule has 0 saturated carbocycles. The predicted octanol–water partition coefficient (Wildman–Crippen LogP) is 1.65. The van der Waals surface area contributed by atoms with E-state index in [2.05, 4.69) is 16.6 Å². The predicted molar refractivity (Wildman–Crippen MR) is 68.2 cm³/mol. The highest BCUT2D eigenvalue weighted by Gasteiger charge is 2.17. The molecule has 1 rings (SSSR count). The van der Waals surface area contributed by atoms with Crippen molar-refractivity contribution in [3.8, 4) is 12.3 Å². The van der Waals surface area contributed by atoms with Crippen LogP contribution in [0.15, 0.2) is 24.3 Å². The van der Waals surface area contributed by atoms with Crippen molar-refractivity contribution in [2.24, 2.45) is 0 Å². The van der Waals surface area contributed by atoms with Crippen LogP contribution in [-0.4, -0.2) is 23.1 Å². The molecule has 5 heteroatoms. The lowest BCUT2D eigenvalue weighted by molar-refractivity contribution is -0.139. The molecule has 2 amide bonds. The largest absolute Gasteiger partial charge is 0.480 e. The fraction of sp³-hybridized carbons (Fsp3) is 0.231. The molecule has 0 spiro atoms. The van der Waals surface area contributed by atoms with Gasteiger partial charge in [0, 0.05) is 11.3 Å². The molecule has 1 atom stereocenters. The summed E-state index contributed by atoms with van der Waals surface area (Å²) >= 11 is 0. The lowest BCUT2D eigenvalue weighted by atomic mass is 10.2. The molecular weight excluding hydrogens is 232 g/mol. The Kier molecular flexibility index (Phi) is 4.76. The van der Waals surface area contributed by atoms with Crippen LogP contribution in [0.25, 0.3) is 0 Å². The van der Waals surface area contributed by atoms with E-state index >= 15 is 0 Å². The number of hydrogen-bond donors (Lipinski definition) is 3. The summed E-state index contributed by atoms with van der Waals surface area (Å²) < 4.78 is 0. The van der Waals surface area contributed by atoms with Gasteiger partial charge in [-0.05, 0) is 24.6 Å². The number of hydrogen-bond acceptors (Lipinski definition) is 2. The zero-order valence-electron chi connectivity index (χ0n) is 9.93. The number of urea groups is 1. The van der Waals surface area contributed by atoms with Crippen LogP contribution < -0.4 is 10.6 Å². The first-order valence-electron chi connectivity index (χ1n) is 5.43. The summed E-state index contributed by atoms with van der Waals surface area (Å²) in [5, 5.41) is 13.7. The number of terminal acetylenes is 1. The van der Waals surface area contributed by atoms with Crippen molar-refractivity contribution in [3.05, 3.63) is 29.8 Å². The average molecular weight is 246 g/mol. The monoisotopic (exact) mass is 246 g/mol. The van der Waals surface area contributed by atoms with Gasteiger partial charge >= 0.3 is 12.0 Å². The molecule has 0 radical (unpaired) electrons. The van der Waals surface area contributed by atoms with Crippen molar-refractivity contribution in [1.82, 2.24) is 5.32 Å². The Bertz CT molecular complexity index is 491. The van der Waals surface area contributed by atoms with E-state index in [1.165, 1.54) is 0 Å². The minimum absolute atomic E-state index is 0.313. The third-order valence-corrected chi connectivity index (χ3v) is 2.30. The van der Waals surface area contributed by atoms with Crippen molar-refractivity contribution in [1.29, 1.82) is 0 Å². The number of carbonyl (C=O) groups is 2. The topological polar surface area (TPSA) is 78.4 Å². The van der Waals surface area contributed by atoms with Crippen LogP contribution in [0.1, 0.15) is 18.9 Å². The van der Waals surface area contributed by atoms with E-state index in [1.54, 1.807) is 31.2 Å². The minimum atomic E-state index is -1.06. The fourth-order valence-corrected chi connectivity index (χ4v) is 1.35. The summed E-state index contributed by atoms with van der Waals surface area (Å²) in [4.78, 5) is 22.3. The number of benzene rings is 1. The van der Waals surface area contributed by atoms with E-state index in [4.69, 9.17) is 11.5 Å². The summed E-state index contributed by atoms with van der Waals surface area (Å²) in [7, 11) is 0. The Balaban J connectivity index is 2.64. The Morgan fingerprint density at radius 2 is 2.22 bits per heavy atom. The Morgan fingerprint density at radius 3 is 2.78 bits per heavy atom. The molecule has 0 fully saturated rings. The van der Waals surface area contributed by atoms with Crippen LogP contribution in [0.3, 0.4) is 0 Å². The second-order valence-electron chi connectivity index (χ2n) is 3.62. The molecule has 0 heterocycles. The Labute approximate surface area is 105 Å². The molecule has 0 aliphatic heterocycles. The van der Waals surface area contributed by atoms with Gasteiger partial charge in [-0.2, -0.15) is 0 Å². The summed E-state index contributed by atoms with van der Waals surface area (Å²) in [6.45, 7) is 1.68. The van der Waals surface area contributed by atoms with Crippen LogP contribution in [0.5, 0.6) is 0 Å². The van der Waals surface area contributed by atoms with Gasteiger partial charge in [-0.3, -0.25) is 0 Å². The maximum absolute atomic E-state index is 11.5. The number of carboxylic acid groups (broad SMARTS) is 1. The number of nitrogens with one attached hydrogen (secondary N) is 2. The van der Waals surface area contributed by atoms with E-state index in [1.807, 2.05) is 0 Å². The van der Waals surface area contributed by atoms with Crippen molar-refractivity contribution in [2.75, 3.05) is 5.32 Å². The fourth-order valence-electron chi connectivity index (χ4n) is 1.35. The van der Waals surface area contributed by atoms with Crippen molar-refractivity contribution in [3.63, 3.8) is 0 Å². The third kappa shape index (κ3) is 3.83. The van der Waals surface area contributed by atoms with Gasteiger partial charge < -0.3 is 15.7 Å². The minimum Gasteiger partial charge on any atom is -0.480 e. The average Bonchev–Trinajstić information content (AvgIpc) is 2.35. The van der Waals surface area contributed by atoms with Crippen molar-refractivity contribution >= 4 is 17.7 Å². The summed E-state index contributed by atoms with van der Waals surface area (Å²) in [6.07, 6.45) is 5.55. The van der Waals surface area contributed by atoms with E-state index in [0.717, 1.165) is 0 Å². The van der Waals surface area contributed by atoms with Gasteiger partial charge in [0.2, 0.25) is 0 Å². The van der Waals surface area contributed by atoms with E-state index < -0.39 is 18.0 Å². The van der Waals surface area contributed by atoms with Crippen LogP contribution in [0.2, 0.25) is 0 Å². The van der Waals surface area contributed by atoms with Crippen molar-refractivity contribution in [2.45, 2.75) is 19.4 Å². The van der Waals surface area contributed by atoms with Crippen LogP contribution in [0.4, 0.5) is 10.5 Å². The van der Waals surface area contributed by atoms with Gasteiger partial charge in [-0.1, -0.05) is 18.9 Å². The van der Waals surface area contributed by atoms with Gasteiger partial charge in [0.05, 0.1) is 0 Å². The highest BCUT2D eigenvalue weighted by atomic mass is 16.4. The van der Waals surface area contributed by atoms with Gasteiger partial charge in [-0.15, -0.1) is 6.42 Å². The number of aliphatic carboxylic acids is 1. The zero-order valence-corrected chi connectivity index (χ0v) is 9.93. The molecule has 5 nitrogen and oxygen atoms in total. The van der Waals surface area contributed by atoms with Gasteiger partial charge in [0.15, 0.2) is 0 Å². The number of rotatable bonds is 4. The maximum atomic E-state index is 11.5. The summed E-state index contributed by atoms with van der Waals surface area (Å²) in [6, 6.07) is 5.26. The van der Waals surface area contributed by atoms with E-state index in [-0.39, 0.29) is 0 Å². The third-order valence-electron chi connectivity index (χ3n) is 2.30. The van der Waals surface area contributed by atoms with Crippen molar-refractivity contribution < 1.29 is 14.7 Å². The molecule has 0 saturated heterocycles. The number of amides is 2. The molecule has 1 aromatic rings. The number of carbonyl (C=O) groups excluding carboxylic acids is 1. The highest BCUT2D eigenvalue weighted by molar-refractivity contribution is 5.92. The van der Waals surface area contributed by atoms with E-state index in [9.17, 15) is 9.59 Å². The second-order valence-corrected chi connectivity index (χ2v) is 3.62. The van der Waals surface area contributed by atoms with Crippen LogP contribution in [0, 0.1) is 12.3 Å². The molecule has 3 N–H and O–H groups in total. The first-order valence-corrected chi connectivity index (χ1v) is 5.43. The highest BCUT2D eigenvalue weighted by Crippen LogP contribution is 2.09. The molecule has 0 aliphatic carbocycles. The standard InChI is InChI=1S/C13H14N2O3/c1-3-9-6-5-7-10(8-9)14-13(18)15-11(4-2)12(16)17/h1,5-8,11H,4H2,2H3,(H,16,17)(H2,14,15,18)/t11-/m0/s1. The van der Waals surface area contributed by atoms with Gasteiger partial charge in [0.1, 0.15) is 6.04 Å². The molecule has 0 bridgehead atoms. The van der Waals surface area contributed by atoms with Crippen LogP contribution >= 0.6 is 0 Å². The van der Waals surface area contributed by atoms with Gasteiger partial charge in [-0.25, -0.2) is 9.59 Å². The summed E-state index contributed by atoms with van der Waals surface area (Å²) in [5.74, 6) is 1.38. The zero-order chi connectivity index (χ0) is 13.5. The van der Waals surface area contributed by atoms with E-state index in [0.29, 0.717) is 17.7 Å². The molecule has 0 aromatic heterocycles. The summed E-state index contributed by atoms with van der Waals surface area (Å²) in [5.41, 5.74) is 1.15. The second kappa shape index (κ2) is 6.30. The Morgan fingerprint density at radius 1 is 1.50 bits per heavy atom. The molecule has 18 heavy (non-hydrogen) atoms. The maximum Gasteiger partial charge on any atom is 0.326 e. The van der Waals surface area contributed by atoms with Crippen LogP contribution in [-0.2, 0) is 4.79 Å². The quantitative estimate of drug-likeness (QED) is 0.707. The number of anilines is 1. The molecule has 0 unspecified atom stereocenters. The normalized spacial score (nSPS) is 11.1. The first kappa shape index (κ1) is 13.6. The molecule has 94 valence electrons. The van der Waals surface area contributed by atoms with Gasteiger partial charge in [0.25, 0.3) is 0 Å². The lowest BCUT2D eigenvalue weighted by Gasteiger charge is -2.13. The smallest absolute Gasteiger partial charge is 0.326 e. The molecule has 0 aliphatic rings. The molecule has 1 aromatic carbocycles. The number of carboxylic acids is 1. The molecular formula is C13H14N2O3. The first-order chi connectivity index (χ1) is 8.56. The SMILES string of the molecule is C#Cc1cccc(NC(=O)N[C@@H](CC)C(=O)O)c1. The lowest BCUT2D eigenvalue weighted by Crippen LogP contribution is -2.42.